The molecule has 0 bridgehead atoms. The number of aromatic carboxylic acids is 1. The predicted octanol–water partition coefficient (Wildman–Crippen LogP) is 1.38. The van der Waals surface area contributed by atoms with Gasteiger partial charge in [-0.1, -0.05) is 6.42 Å². The Morgan fingerprint density at radius 2 is 1.75 bits per heavy atom. The van der Waals surface area contributed by atoms with E-state index in [-0.39, 0.29) is 34.9 Å². The van der Waals surface area contributed by atoms with E-state index in [1.54, 1.807) is 0 Å². The maximum absolute atomic E-state index is 12.2. The SMILES string of the molecule is O=C(O)c1ccc(N2C(=O)C3CCCC3C2=O)cc1O. The number of carbonyl (C=O) groups is 3. The van der Waals surface area contributed by atoms with Gasteiger partial charge in [0.15, 0.2) is 0 Å². The summed E-state index contributed by atoms with van der Waals surface area (Å²) in [6.07, 6.45) is 2.31. The lowest BCUT2D eigenvalue weighted by Crippen LogP contribution is -2.31. The zero-order chi connectivity index (χ0) is 14.4. The molecule has 2 N–H and O–H groups in total. The molecule has 1 saturated heterocycles. The van der Waals surface area contributed by atoms with Gasteiger partial charge in [0.25, 0.3) is 0 Å². The summed E-state index contributed by atoms with van der Waals surface area (Å²) in [4.78, 5) is 36.4. The Kier molecular flexibility index (Phi) is 2.74. The fraction of sp³-hybridized carbons (Fsp3) is 0.357. The third-order valence-electron chi connectivity index (χ3n) is 4.06. The molecule has 2 unspecified atom stereocenters. The van der Waals surface area contributed by atoms with Crippen LogP contribution in [0.2, 0.25) is 0 Å². The lowest BCUT2D eigenvalue weighted by atomic mass is 10.00. The van der Waals surface area contributed by atoms with Gasteiger partial charge in [0.1, 0.15) is 11.3 Å². The molecule has 0 aromatic heterocycles. The summed E-state index contributed by atoms with van der Waals surface area (Å²) in [5, 5.41) is 18.5. The number of carbonyl (C=O) groups excluding carboxylic acids is 2. The summed E-state index contributed by atoms with van der Waals surface area (Å²) in [6, 6.07) is 3.72. The Bertz CT molecular complexity index is 602. The molecule has 6 nitrogen and oxygen atoms in total. The minimum atomic E-state index is -1.26. The maximum atomic E-state index is 12.2. The molecule has 6 heteroatoms. The fourth-order valence-electron chi connectivity index (χ4n) is 3.09. The molecule has 2 aliphatic rings. The van der Waals surface area contributed by atoms with Crippen molar-refractivity contribution in [3.63, 3.8) is 0 Å². The van der Waals surface area contributed by atoms with Crippen molar-refractivity contribution < 1.29 is 24.6 Å². The third-order valence-corrected chi connectivity index (χ3v) is 4.06. The molecule has 2 amide bonds. The highest BCUT2D eigenvalue weighted by molar-refractivity contribution is 6.22. The minimum absolute atomic E-state index is 0.233. The number of hydrogen-bond donors (Lipinski definition) is 2. The lowest BCUT2D eigenvalue weighted by Gasteiger charge is -2.16. The number of phenols is 1. The highest BCUT2D eigenvalue weighted by atomic mass is 16.4. The van der Waals surface area contributed by atoms with E-state index in [9.17, 15) is 19.5 Å². The number of carboxylic acids is 1. The highest BCUT2D eigenvalue weighted by Crippen LogP contribution is 2.42. The largest absolute Gasteiger partial charge is 0.507 e. The average molecular weight is 275 g/mol. The second kappa shape index (κ2) is 4.33. The fourth-order valence-corrected chi connectivity index (χ4v) is 3.09. The van der Waals surface area contributed by atoms with Crippen molar-refractivity contribution in [3.8, 4) is 5.75 Å². The highest BCUT2D eigenvalue weighted by Gasteiger charge is 2.50. The van der Waals surface area contributed by atoms with Crippen LogP contribution in [0.15, 0.2) is 18.2 Å². The quantitative estimate of drug-likeness (QED) is 0.795. The summed E-state index contributed by atoms with van der Waals surface area (Å²) < 4.78 is 0. The van der Waals surface area contributed by atoms with E-state index in [0.29, 0.717) is 12.8 Å². The van der Waals surface area contributed by atoms with Crippen molar-refractivity contribution in [1.29, 1.82) is 0 Å². The Hall–Kier alpha value is -2.37. The molecule has 1 heterocycles. The van der Waals surface area contributed by atoms with E-state index in [4.69, 9.17) is 5.11 Å². The van der Waals surface area contributed by atoms with Crippen LogP contribution in [0.3, 0.4) is 0 Å². The molecule has 1 aromatic carbocycles. The molecule has 0 spiro atoms. The van der Waals surface area contributed by atoms with Gasteiger partial charge in [0.2, 0.25) is 11.8 Å². The van der Waals surface area contributed by atoms with Gasteiger partial charge in [-0.25, -0.2) is 9.69 Å². The summed E-state index contributed by atoms with van der Waals surface area (Å²) in [5.41, 5.74) is -0.0232. The molecule has 3 rings (SSSR count). The molecule has 20 heavy (non-hydrogen) atoms. The van der Waals surface area contributed by atoms with E-state index in [1.165, 1.54) is 12.1 Å². The van der Waals surface area contributed by atoms with Gasteiger partial charge in [-0.2, -0.15) is 0 Å². The van der Waals surface area contributed by atoms with Crippen molar-refractivity contribution >= 4 is 23.5 Å². The van der Waals surface area contributed by atoms with Gasteiger partial charge >= 0.3 is 5.97 Å². The Balaban J connectivity index is 1.98. The number of benzene rings is 1. The lowest BCUT2D eigenvalue weighted by molar-refractivity contribution is -0.122. The van der Waals surface area contributed by atoms with Crippen LogP contribution in [0.4, 0.5) is 5.69 Å². The molecular formula is C14H13NO5. The molecule has 2 atom stereocenters. The van der Waals surface area contributed by atoms with Crippen molar-refractivity contribution in [3.05, 3.63) is 23.8 Å². The van der Waals surface area contributed by atoms with Crippen molar-refractivity contribution in [2.24, 2.45) is 11.8 Å². The summed E-state index contributed by atoms with van der Waals surface area (Å²) in [5.74, 6) is -2.73. The maximum Gasteiger partial charge on any atom is 0.339 e. The normalized spacial score (nSPS) is 25.1. The molecule has 1 saturated carbocycles. The van der Waals surface area contributed by atoms with Gasteiger partial charge < -0.3 is 10.2 Å². The van der Waals surface area contributed by atoms with E-state index < -0.39 is 11.7 Å². The molecule has 1 aromatic rings. The molecule has 0 radical (unpaired) electrons. The molecule has 1 aliphatic carbocycles. The van der Waals surface area contributed by atoms with Crippen LogP contribution in [0, 0.1) is 11.8 Å². The number of nitrogens with zero attached hydrogens (tertiary/aromatic N) is 1. The van der Waals surface area contributed by atoms with E-state index >= 15 is 0 Å². The summed E-state index contributed by atoms with van der Waals surface area (Å²) in [7, 11) is 0. The second-order valence-electron chi connectivity index (χ2n) is 5.16. The first kappa shape index (κ1) is 12.7. The Morgan fingerprint density at radius 1 is 1.15 bits per heavy atom. The molecule has 2 fully saturated rings. The number of hydrogen-bond acceptors (Lipinski definition) is 4. The van der Waals surface area contributed by atoms with Gasteiger partial charge in [-0.15, -0.1) is 0 Å². The average Bonchev–Trinajstić information content (AvgIpc) is 2.94. The van der Waals surface area contributed by atoms with Crippen LogP contribution in [0.1, 0.15) is 29.6 Å². The number of aromatic hydroxyl groups is 1. The van der Waals surface area contributed by atoms with E-state index in [2.05, 4.69) is 0 Å². The predicted molar refractivity (Wildman–Crippen MR) is 68.4 cm³/mol. The number of carboxylic acid groups (broad SMARTS) is 1. The first-order valence-electron chi connectivity index (χ1n) is 6.45. The van der Waals surface area contributed by atoms with Crippen LogP contribution in [-0.4, -0.2) is 28.0 Å². The number of rotatable bonds is 2. The van der Waals surface area contributed by atoms with Crippen molar-refractivity contribution in [2.45, 2.75) is 19.3 Å². The van der Waals surface area contributed by atoms with Crippen LogP contribution in [-0.2, 0) is 9.59 Å². The van der Waals surface area contributed by atoms with Crippen LogP contribution >= 0.6 is 0 Å². The van der Waals surface area contributed by atoms with Gasteiger partial charge in [0.05, 0.1) is 17.5 Å². The number of imide groups is 1. The molecular weight excluding hydrogens is 262 g/mol. The Morgan fingerprint density at radius 3 is 2.25 bits per heavy atom. The van der Waals surface area contributed by atoms with Gasteiger partial charge in [-0.05, 0) is 25.0 Å². The van der Waals surface area contributed by atoms with E-state index in [0.717, 1.165) is 17.4 Å². The second-order valence-corrected chi connectivity index (χ2v) is 5.16. The van der Waals surface area contributed by atoms with Gasteiger partial charge in [-0.3, -0.25) is 9.59 Å². The third kappa shape index (κ3) is 1.68. The number of amides is 2. The zero-order valence-electron chi connectivity index (χ0n) is 10.6. The van der Waals surface area contributed by atoms with Gasteiger partial charge in [0, 0.05) is 6.07 Å². The molecule has 1 aliphatic heterocycles. The van der Waals surface area contributed by atoms with E-state index in [1.807, 2.05) is 0 Å². The van der Waals surface area contributed by atoms with Crippen LogP contribution in [0.5, 0.6) is 5.75 Å². The van der Waals surface area contributed by atoms with Crippen molar-refractivity contribution in [2.75, 3.05) is 4.90 Å². The zero-order valence-corrected chi connectivity index (χ0v) is 10.6. The molecule has 104 valence electrons. The first-order chi connectivity index (χ1) is 9.50. The minimum Gasteiger partial charge on any atom is -0.507 e. The Labute approximate surface area is 114 Å². The van der Waals surface area contributed by atoms with Crippen LogP contribution < -0.4 is 4.90 Å². The van der Waals surface area contributed by atoms with Crippen molar-refractivity contribution in [1.82, 2.24) is 0 Å². The summed E-state index contributed by atoms with van der Waals surface area (Å²) >= 11 is 0. The monoisotopic (exact) mass is 275 g/mol. The smallest absolute Gasteiger partial charge is 0.339 e. The summed E-state index contributed by atoms with van der Waals surface area (Å²) in [6.45, 7) is 0. The standard InChI is InChI=1S/C14H13NO5/c16-11-6-7(4-5-10(11)14(19)20)15-12(17)8-2-1-3-9(8)13(15)18/h4-6,8-9,16H,1-3H2,(H,19,20). The first-order valence-corrected chi connectivity index (χ1v) is 6.45. The number of fused-ring (bicyclic) bond motifs is 1. The van der Waals surface area contributed by atoms with Crippen LogP contribution in [0.25, 0.3) is 0 Å². The number of anilines is 1. The topological polar surface area (TPSA) is 94.9 Å².